The lowest BCUT2D eigenvalue weighted by Gasteiger charge is -2.32. The maximum atomic E-state index is 11.6. The molecule has 0 aromatic rings. The molecule has 4 heteroatoms. The minimum atomic E-state index is -0.381. The molecule has 1 rings (SSSR count). The quantitative estimate of drug-likeness (QED) is 0.706. The molecule has 0 aliphatic carbocycles. The molecule has 0 amide bonds. The Morgan fingerprint density at radius 2 is 2.18 bits per heavy atom. The first-order valence-corrected chi connectivity index (χ1v) is 6.46. The zero-order valence-electron chi connectivity index (χ0n) is 11.5. The molecule has 0 saturated carbocycles. The Balaban J connectivity index is 2.23. The lowest BCUT2D eigenvalue weighted by Crippen LogP contribution is -2.43. The van der Waals surface area contributed by atoms with Crippen LogP contribution < -0.4 is 0 Å². The maximum absolute atomic E-state index is 11.6. The molecule has 1 aliphatic rings. The fourth-order valence-corrected chi connectivity index (χ4v) is 1.87. The van der Waals surface area contributed by atoms with E-state index >= 15 is 0 Å². The minimum absolute atomic E-state index is 0.114. The molecule has 0 bridgehead atoms. The maximum Gasteiger partial charge on any atom is 0.307 e. The third-order valence-electron chi connectivity index (χ3n) is 2.73. The van der Waals surface area contributed by atoms with Crippen LogP contribution >= 0.6 is 0 Å². The second-order valence-corrected chi connectivity index (χ2v) is 5.54. The topological polar surface area (TPSA) is 38.8 Å². The van der Waals surface area contributed by atoms with Gasteiger partial charge in [0.05, 0.1) is 19.1 Å². The van der Waals surface area contributed by atoms with Gasteiger partial charge in [-0.3, -0.25) is 9.69 Å². The van der Waals surface area contributed by atoms with Crippen LogP contribution in [-0.4, -0.2) is 48.8 Å². The third-order valence-corrected chi connectivity index (χ3v) is 2.73. The SMILES string of the molecule is CCC1CN(CCC(=O)OC(C)(C)C)CCO1. The Bertz CT molecular complexity index is 248. The predicted molar refractivity (Wildman–Crippen MR) is 66.9 cm³/mol. The first-order valence-electron chi connectivity index (χ1n) is 6.46. The van der Waals surface area contributed by atoms with Crippen molar-refractivity contribution in [3.05, 3.63) is 0 Å². The van der Waals surface area contributed by atoms with Crippen LogP contribution in [0.5, 0.6) is 0 Å². The van der Waals surface area contributed by atoms with Crippen LogP contribution in [0.2, 0.25) is 0 Å². The zero-order chi connectivity index (χ0) is 12.9. The Labute approximate surface area is 104 Å². The van der Waals surface area contributed by atoms with E-state index in [-0.39, 0.29) is 11.6 Å². The van der Waals surface area contributed by atoms with Gasteiger partial charge in [0.1, 0.15) is 5.60 Å². The van der Waals surface area contributed by atoms with Crippen molar-refractivity contribution in [2.75, 3.05) is 26.2 Å². The fourth-order valence-electron chi connectivity index (χ4n) is 1.87. The largest absolute Gasteiger partial charge is 0.460 e. The van der Waals surface area contributed by atoms with Crippen molar-refractivity contribution in [1.29, 1.82) is 0 Å². The fraction of sp³-hybridized carbons (Fsp3) is 0.923. The molecule has 0 aromatic carbocycles. The van der Waals surface area contributed by atoms with Crippen LogP contribution in [0.4, 0.5) is 0 Å². The number of rotatable bonds is 4. The normalized spacial score (nSPS) is 22.5. The molecule has 17 heavy (non-hydrogen) atoms. The highest BCUT2D eigenvalue weighted by Gasteiger charge is 2.21. The molecule has 4 nitrogen and oxygen atoms in total. The van der Waals surface area contributed by atoms with Gasteiger partial charge in [0, 0.05) is 19.6 Å². The molecule has 1 aliphatic heterocycles. The molecule has 0 spiro atoms. The van der Waals surface area contributed by atoms with Gasteiger partial charge in [-0.05, 0) is 27.2 Å². The predicted octanol–water partition coefficient (Wildman–Crippen LogP) is 1.83. The van der Waals surface area contributed by atoms with Crippen molar-refractivity contribution in [2.45, 2.75) is 52.2 Å². The van der Waals surface area contributed by atoms with Gasteiger partial charge in [0.25, 0.3) is 0 Å². The summed E-state index contributed by atoms with van der Waals surface area (Å²) in [4.78, 5) is 13.9. The summed E-state index contributed by atoms with van der Waals surface area (Å²) in [6.07, 6.45) is 1.82. The summed E-state index contributed by atoms with van der Waals surface area (Å²) in [5.41, 5.74) is -0.381. The van der Waals surface area contributed by atoms with Gasteiger partial charge >= 0.3 is 5.97 Å². The van der Waals surface area contributed by atoms with Crippen LogP contribution in [0, 0.1) is 0 Å². The second kappa shape index (κ2) is 6.36. The Morgan fingerprint density at radius 3 is 2.76 bits per heavy atom. The standard InChI is InChI=1S/C13H25NO3/c1-5-11-10-14(8-9-16-11)7-6-12(15)17-13(2,3)4/h11H,5-10H2,1-4H3. The van der Waals surface area contributed by atoms with Gasteiger partial charge in [-0.25, -0.2) is 0 Å². The second-order valence-electron chi connectivity index (χ2n) is 5.54. The number of carbonyl (C=O) groups is 1. The molecule has 100 valence electrons. The van der Waals surface area contributed by atoms with E-state index in [4.69, 9.17) is 9.47 Å². The third kappa shape index (κ3) is 6.03. The van der Waals surface area contributed by atoms with Gasteiger partial charge in [-0.15, -0.1) is 0 Å². The van der Waals surface area contributed by atoms with Crippen molar-refractivity contribution < 1.29 is 14.3 Å². The first kappa shape index (κ1) is 14.5. The smallest absolute Gasteiger partial charge is 0.307 e. The lowest BCUT2D eigenvalue weighted by molar-refractivity contribution is -0.155. The molecular formula is C13H25NO3. The highest BCUT2D eigenvalue weighted by molar-refractivity contribution is 5.70. The number of hydrogen-bond acceptors (Lipinski definition) is 4. The number of esters is 1. The number of nitrogens with zero attached hydrogens (tertiary/aromatic N) is 1. The van der Waals surface area contributed by atoms with Crippen LogP contribution in [0.15, 0.2) is 0 Å². The molecule has 0 radical (unpaired) electrons. The molecule has 1 atom stereocenters. The first-order chi connectivity index (χ1) is 7.90. The Morgan fingerprint density at radius 1 is 1.47 bits per heavy atom. The van der Waals surface area contributed by atoms with Crippen LogP contribution in [-0.2, 0) is 14.3 Å². The van der Waals surface area contributed by atoms with Crippen molar-refractivity contribution >= 4 is 5.97 Å². The minimum Gasteiger partial charge on any atom is -0.460 e. The summed E-state index contributed by atoms with van der Waals surface area (Å²) in [5, 5.41) is 0. The van der Waals surface area contributed by atoms with E-state index in [1.165, 1.54) is 0 Å². The zero-order valence-corrected chi connectivity index (χ0v) is 11.5. The summed E-state index contributed by atoms with van der Waals surface area (Å²) >= 11 is 0. The Kier molecular flexibility index (Phi) is 5.40. The van der Waals surface area contributed by atoms with E-state index in [0.717, 1.165) is 32.7 Å². The van der Waals surface area contributed by atoms with Crippen molar-refractivity contribution in [3.8, 4) is 0 Å². The van der Waals surface area contributed by atoms with Crippen LogP contribution in [0.25, 0.3) is 0 Å². The van der Waals surface area contributed by atoms with E-state index < -0.39 is 0 Å². The summed E-state index contributed by atoms with van der Waals surface area (Å²) in [6.45, 7) is 11.2. The molecule has 1 heterocycles. The number of carbonyl (C=O) groups excluding carboxylic acids is 1. The molecule has 1 unspecified atom stereocenters. The van der Waals surface area contributed by atoms with E-state index in [2.05, 4.69) is 11.8 Å². The highest BCUT2D eigenvalue weighted by atomic mass is 16.6. The van der Waals surface area contributed by atoms with Gasteiger partial charge in [-0.1, -0.05) is 6.92 Å². The van der Waals surface area contributed by atoms with Crippen LogP contribution in [0.1, 0.15) is 40.5 Å². The monoisotopic (exact) mass is 243 g/mol. The summed E-state index contributed by atoms with van der Waals surface area (Å²) in [6, 6.07) is 0. The average Bonchev–Trinajstić information content (AvgIpc) is 2.24. The number of hydrogen-bond donors (Lipinski definition) is 0. The summed E-state index contributed by atoms with van der Waals surface area (Å²) < 4.78 is 10.9. The van der Waals surface area contributed by atoms with E-state index in [1.807, 2.05) is 20.8 Å². The molecule has 0 N–H and O–H groups in total. The summed E-state index contributed by atoms with van der Waals surface area (Å²) in [7, 11) is 0. The van der Waals surface area contributed by atoms with E-state index in [0.29, 0.717) is 12.5 Å². The highest BCUT2D eigenvalue weighted by Crippen LogP contribution is 2.11. The van der Waals surface area contributed by atoms with Crippen molar-refractivity contribution in [2.24, 2.45) is 0 Å². The van der Waals surface area contributed by atoms with E-state index in [1.54, 1.807) is 0 Å². The van der Waals surface area contributed by atoms with Crippen molar-refractivity contribution in [1.82, 2.24) is 4.90 Å². The van der Waals surface area contributed by atoms with Gasteiger partial charge in [0.15, 0.2) is 0 Å². The average molecular weight is 243 g/mol. The van der Waals surface area contributed by atoms with Crippen molar-refractivity contribution in [3.63, 3.8) is 0 Å². The van der Waals surface area contributed by atoms with Gasteiger partial charge in [-0.2, -0.15) is 0 Å². The van der Waals surface area contributed by atoms with E-state index in [9.17, 15) is 4.79 Å². The summed E-state index contributed by atoms with van der Waals surface area (Å²) in [5.74, 6) is -0.114. The van der Waals surface area contributed by atoms with Gasteiger partial charge in [0.2, 0.25) is 0 Å². The molecule has 0 aromatic heterocycles. The molecule has 1 saturated heterocycles. The Hall–Kier alpha value is -0.610. The lowest BCUT2D eigenvalue weighted by atomic mass is 10.2. The van der Waals surface area contributed by atoms with Crippen LogP contribution in [0.3, 0.4) is 0 Å². The number of morpholine rings is 1. The molecule has 1 fully saturated rings. The molecular weight excluding hydrogens is 218 g/mol. The van der Waals surface area contributed by atoms with Gasteiger partial charge < -0.3 is 9.47 Å². The number of ether oxygens (including phenoxy) is 2.